The van der Waals surface area contributed by atoms with Gasteiger partial charge in [0.2, 0.25) is 0 Å². The number of aromatic nitrogens is 1. The fourth-order valence-corrected chi connectivity index (χ4v) is 1.93. The monoisotopic (exact) mass is 327 g/mol. The van der Waals surface area contributed by atoms with E-state index in [0.717, 1.165) is 0 Å². The van der Waals surface area contributed by atoms with Gasteiger partial charge >= 0.3 is 5.97 Å². The van der Waals surface area contributed by atoms with Crippen molar-refractivity contribution in [3.05, 3.63) is 26.6 Å². The van der Waals surface area contributed by atoms with Crippen LogP contribution >= 0.6 is 22.6 Å². The van der Waals surface area contributed by atoms with E-state index in [9.17, 15) is 13.6 Å². The molecule has 0 unspecified atom stereocenters. The molecule has 0 aliphatic rings. The van der Waals surface area contributed by atoms with Crippen molar-refractivity contribution in [2.75, 3.05) is 7.11 Å². The molecule has 1 aromatic heterocycles. The molecular formula is C9H8F2INO2. The zero-order chi connectivity index (χ0) is 11.6. The Hall–Kier alpha value is -0.790. The number of methoxy groups -OCH3 is 1. The Bertz CT molecular complexity index is 396. The normalized spacial score (nSPS) is 10.5. The summed E-state index contributed by atoms with van der Waals surface area (Å²) in [7, 11) is 1.21. The van der Waals surface area contributed by atoms with E-state index in [1.165, 1.54) is 20.2 Å². The van der Waals surface area contributed by atoms with E-state index in [4.69, 9.17) is 0 Å². The summed E-state index contributed by atoms with van der Waals surface area (Å²) < 4.78 is 30.0. The average Bonchev–Trinajstić information content (AvgIpc) is 2.16. The van der Waals surface area contributed by atoms with E-state index in [1.54, 1.807) is 0 Å². The van der Waals surface area contributed by atoms with Gasteiger partial charge < -0.3 is 4.74 Å². The van der Waals surface area contributed by atoms with Crippen LogP contribution in [0.2, 0.25) is 0 Å². The minimum Gasteiger partial charge on any atom is -0.465 e. The summed E-state index contributed by atoms with van der Waals surface area (Å²) in [6.07, 6.45) is -1.45. The molecule has 0 aromatic carbocycles. The third-order valence-corrected chi connectivity index (χ3v) is 2.73. The lowest BCUT2D eigenvalue weighted by Gasteiger charge is -2.09. The molecule has 0 saturated carbocycles. The summed E-state index contributed by atoms with van der Waals surface area (Å²) >= 11 is 1.86. The van der Waals surface area contributed by atoms with Crippen LogP contribution in [0.5, 0.6) is 0 Å². The minimum atomic E-state index is -2.69. The van der Waals surface area contributed by atoms with Crippen LogP contribution in [0.3, 0.4) is 0 Å². The van der Waals surface area contributed by atoms with Gasteiger partial charge in [0, 0.05) is 9.77 Å². The van der Waals surface area contributed by atoms with Crippen LogP contribution in [0, 0.1) is 10.5 Å². The molecule has 0 aliphatic heterocycles. The van der Waals surface area contributed by atoms with Gasteiger partial charge in [0.15, 0.2) is 0 Å². The molecule has 1 rings (SSSR count). The van der Waals surface area contributed by atoms with Crippen molar-refractivity contribution in [1.82, 2.24) is 4.98 Å². The van der Waals surface area contributed by atoms with Gasteiger partial charge in [-0.2, -0.15) is 0 Å². The summed E-state index contributed by atoms with van der Waals surface area (Å²) in [5, 5.41) is 0. The van der Waals surface area contributed by atoms with Crippen LogP contribution in [0.25, 0.3) is 0 Å². The second kappa shape index (κ2) is 4.82. The highest BCUT2D eigenvalue weighted by molar-refractivity contribution is 14.1. The molecule has 0 bridgehead atoms. The van der Waals surface area contributed by atoms with E-state index in [0.29, 0.717) is 3.57 Å². The Morgan fingerprint density at radius 1 is 1.60 bits per heavy atom. The van der Waals surface area contributed by atoms with Crippen LogP contribution < -0.4 is 0 Å². The predicted molar refractivity (Wildman–Crippen MR) is 58.0 cm³/mol. The Balaban J connectivity index is 3.36. The van der Waals surface area contributed by atoms with Crippen LogP contribution in [0.15, 0.2) is 6.20 Å². The maximum absolute atomic E-state index is 12.5. The molecular weight excluding hydrogens is 319 g/mol. The summed E-state index contributed by atoms with van der Waals surface area (Å²) in [6.45, 7) is 1.43. The number of hydrogen-bond donors (Lipinski definition) is 0. The van der Waals surface area contributed by atoms with Gasteiger partial charge in [0.05, 0.1) is 12.7 Å². The van der Waals surface area contributed by atoms with Gasteiger partial charge in [-0.3, -0.25) is 4.98 Å². The fourth-order valence-electron chi connectivity index (χ4n) is 1.17. The quantitative estimate of drug-likeness (QED) is 0.619. The van der Waals surface area contributed by atoms with E-state index >= 15 is 0 Å². The molecule has 0 fully saturated rings. The maximum atomic E-state index is 12.5. The summed E-state index contributed by atoms with van der Waals surface area (Å²) in [5.74, 6) is -0.624. The largest absolute Gasteiger partial charge is 0.465 e. The molecule has 82 valence electrons. The van der Waals surface area contributed by atoms with E-state index in [-0.39, 0.29) is 16.8 Å². The van der Waals surface area contributed by atoms with E-state index in [1.807, 2.05) is 22.6 Å². The first-order valence-corrected chi connectivity index (χ1v) is 5.08. The SMILES string of the molecule is COC(=O)c1c(I)cnc(C(F)F)c1C. The number of hydrogen-bond acceptors (Lipinski definition) is 3. The number of esters is 1. The average molecular weight is 327 g/mol. The van der Waals surface area contributed by atoms with Crippen molar-refractivity contribution in [2.24, 2.45) is 0 Å². The van der Waals surface area contributed by atoms with Gasteiger partial charge in [0.25, 0.3) is 6.43 Å². The molecule has 15 heavy (non-hydrogen) atoms. The summed E-state index contributed by atoms with van der Waals surface area (Å²) in [6, 6.07) is 0. The molecule has 1 heterocycles. The summed E-state index contributed by atoms with van der Waals surface area (Å²) in [4.78, 5) is 14.9. The number of pyridine rings is 1. The number of ether oxygens (including phenoxy) is 1. The highest BCUT2D eigenvalue weighted by atomic mass is 127. The van der Waals surface area contributed by atoms with Gasteiger partial charge in [-0.15, -0.1) is 0 Å². The Morgan fingerprint density at radius 2 is 2.20 bits per heavy atom. The number of carbonyl (C=O) groups is 1. The zero-order valence-electron chi connectivity index (χ0n) is 8.05. The van der Waals surface area contributed by atoms with Gasteiger partial charge in [-0.05, 0) is 35.1 Å². The molecule has 0 saturated heterocycles. The van der Waals surface area contributed by atoms with Crippen LogP contribution in [-0.4, -0.2) is 18.1 Å². The van der Waals surface area contributed by atoms with Crippen molar-refractivity contribution in [2.45, 2.75) is 13.3 Å². The van der Waals surface area contributed by atoms with Crippen molar-refractivity contribution >= 4 is 28.6 Å². The number of carbonyl (C=O) groups excluding carboxylic acids is 1. The third kappa shape index (κ3) is 2.42. The molecule has 0 N–H and O–H groups in total. The molecule has 0 spiro atoms. The highest BCUT2D eigenvalue weighted by Gasteiger charge is 2.21. The molecule has 0 atom stereocenters. The first-order chi connectivity index (χ1) is 6.99. The van der Waals surface area contributed by atoms with Crippen molar-refractivity contribution in [3.63, 3.8) is 0 Å². The smallest absolute Gasteiger partial charge is 0.339 e. The number of halogens is 3. The lowest BCUT2D eigenvalue weighted by atomic mass is 10.1. The van der Waals surface area contributed by atoms with Gasteiger partial charge in [-0.25, -0.2) is 13.6 Å². The van der Waals surface area contributed by atoms with E-state index in [2.05, 4.69) is 9.72 Å². The summed E-state index contributed by atoms with van der Waals surface area (Å²) in [5.41, 5.74) is -0.0528. The Labute approximate surface area is 99.0 Å². The van der Waals surface area contributed by atoms with Crippen molar-refractivity contribution < 1.29 is 18.3 Å². The van der Waals surface area contributed by atoms with Crippen molar-refractivity contribution in [1.29, 1.82) is 0 Å². The maximum Gasteiger partial charge on any atom is 0.339 e. The zero-order valence-corrected chi connectivity index (χ0v) is 10.2. The lowest BCUT2D eigenvalue weighted by molar-refractivity contribution is 0.0597. The van der Waals surface area contributed by atoms with Crippen LogP contribution in [-0.2, 0) is 4.74 Å². The molecule has 3 nitrogen and oxygen atoms in total. The molecule has 0 radical (unpaired) electrons. The van der Waals surface area contributed by atoms with Crippen molar-refractivity contribution in [3.8, 4) is 0 Å². The second-order valence-corrected chi connectivity index (χ2v) is 3.95. The Morgan fingerprint density at radius 3 is 2.67 bits per heavy atom. The second-order valence-electron chi connectivity index (χ2n) is 2.78. The van der Waals surface area contributed by atoms with Crippen LogP contribution in [0.1, 0.15) is 28.0 Å². The fraction of sp³-hybridized carbons (Fsp3) is 0.333. The highest BCUT2D eigenvalue weighted by Crippen LogP contribution is 2.25. The first-order valence-electron chi connectivity index (χ1n) is 4.00. The molecule has 0 amide bonds. The van der Waals surface area contributed by atoms with Crippen LogP contribution in [0.4, 0.5) is 8.78 Å². The standard InChI is InChI=1S/C9H8F2INO2/c1-4-6(9(14)15-2)5(12)3-13-7(4)8(10)11/h3,8H,1-2H3. The van der Waals surface area contributed by atoms with E-state index < -0.39 is 12.4 Å². The third-order valence-electron chi connectivity index (χ3n) is 1.91. The molecule has 1 aromatic rings. The first kappa shape index (κ1) is 12.3. The van der Waals surface area contributed by atoms with Gasteiger partial charge in [0.1, 0.15) is 5.69 Å². The molecule has 0 aliphatic carbocycles. The minimum absolute atomic E-state index is 0.156. The number of nitrogens with zero attached hydrogens (tertiary/aromatic N) is 1. The number of alkyl halides is 2. The molecule has 6 heteroatoms. The lowest BCUT2D eigenvalue weighted by Crippen LogP contribution is -2.10. The predicted octanol–water partition coefficient (Wildman–Crippen LogP) is 2.72. The van der Waals surface area contributed by atoms with Gasteiger partial charge in [-0.1, -0.05) is 0 Å². The topological polar surface area (TPSA) is 39.2 Å². The number of rotatable bonds is 2. The Kier molecular flexibility index (Phi) is 3.95.